The maximum absolute atomic E-state index is 4.96. The summed E-state index contributed by atoms with van der Waals surface area (Å²) in [6.07, 6.45) is 9.98. The molecule has 0 atom stereocenters. The van der Waals surface area contributed by atoms with E-state index in [9.17, 15) is 0 Å². The molecule has 5 rings (SSSR count). The van der Waals surface area contributed by atoms with Crippen LogP contribution in [0.1, 0.15) is 68.7 Å². The fourth-order valence-corrected chi connectivity index (χ4v) is 4.51. The van der Waals surface area contributed by atoms with E-state index in [0.717, 1.165) is 47.0 Å². The van der Waals surface area contributed by atoms with Crippen LogP contribution in [0.2, 0.25) is 0 Å². The second kappa shape index (κ2) is 9.38. The fourth-order valence-electron chi connectivity index (χ4n) is 4.51. The molecule has 3 aromatic heterocycles. The van der Waals surface area contributed by atoms with Crippen LogP contribution in [0.3, 0.4) is 0 Å². The smallest absolute Gasteiger partial charge is 0.180 e. The van der Waals surface area contributed by atoms with Gasteiger partial charge >= 0.3 is 0 Å². The first-order valence-corrected chi connectivity index (χ1v) is 11.5. The summed E-state index contributed by atoms with van der Waals surface area (Å²) in [5, 5.41) is 19.2. The zero-order valence-corrected chi connectivity index (χ0v) is 18.4. The van der Waals surface area contributed by atoms with E-state index in [0.29, 0.717) is 18.2 Å². The molecule has 8 nitrogen and oxygen atoms in total. The molecule has 32 heavy (non-hydrogen) atoms. The summed E-state index contributed by atoms with van der Waals surface area (Å²) in [5.41, 5.74) is 4.01. The quantitative estimate of drug-likeness (QED) is 0.463. The van der Waals surface area contributed by atoms with Crippen molar-refractivity contribution in [1.82, 2.24) is 40.4 Å². The van der Waals surface area contributed by atoms with Gasteiger partial charge < -0.3 is 0 Å². The SMILES string of the molecule is CCCn1nc(C2CCCCC2)nc1Cc1ccc(-c2ccccc2-c2nnn[nH]2)cn1. The molecule has 1 saturated carbocycles. The highest BCUT2D eigenvalue weighted by atomic mass is 15.5. The molecule has 1 aromatic carbocycles. The van der Waals surface area contributed by atoms with Crippen LogP contribution in [0.4, 0.5) is 0 Å². The number of H-pyrrole nitrogens is 1. The summed E-state index contributed by atoms with van der Waals surface area (Å²) in [5.74, 6) is 3.20. The van der Waals surface area contributed by atoms with E-state index < -0.39 is 0 Å². The summed E-state index contributed by atoms with van der Waals surface area (Å²) in [4.78, 5) is 9.71. The molecule has 0 aliphatic heterocycles. The average molecular weight is 429 g/mol. The number of nitrogens with one attached hydrogen (secondary N) is 1. The molecule has 164 valence electrons. The summed E-state index contributed by atoms with van der Waals surface area (Å²) in [7, 11) is 0. The zero-order valence-electron chi connectivity index (χ0n) is 18.4. The molecule has 1 aliphatic rings. The Morgan fingerprint density at radius 1 is 1.03 bits per heavy atom. The van der Waals surface area contributed by atoms with Crippen molar-refractivity contribution in [2.75, 3.05) is 0 Å². The second-order valence-corrected chi connectivity index (χ2v) is 8.45. The topological polar surface area (TPSA) is 98.1 Å². The standard InChI is InChI=1S/C24H28N8/c1-2-14-32-22(26-23(29-32)17-8-4-3-5-9-17)15-19-13-12-18(16-25-19)20-10-6-7-11-21(20)24-27-30-31-28-24/h6-7,10-13,16-17H,2-5,8-9,14-15H2,1H3,(H,27,28,30,31). The van der Waals surface area contributed by atoms with Crippen molar-refractivity contribution < 1.29 is 0 Å². The first-order chi connectivity index (χ1) is 15.8. The number of hydrogen-bond acceptors (Lipinski definition) is 6. The van der Waals surface area contributed by atoms with Crippen molar-refractivity contribution in [1.29, 1.82) is 0 Å². The van der Waals surface area contributed by atoms with Gasteiger partial charge in [0.15, 0.2) is 11.6 Å². The van der Waals surface area contributed by atoms with Gasteiger partial charge in [-0.25, -0.2) is 14.8 Å². The summed E-state index contributed by atoms with van der Waals surface area (Å²) in [6, 6.07) is 12.2. The lowest BCUT2D eigenvalue weighted by Crippen LogP contribution is -2.08. The highest BCUT2D eigenvalue weighted by Gasteiger charge is 2.21. The first-order valence-electron chi connectivity index (χ1n) is 11.5. The lowest BCUT2D eigenvalue weighted by atomic mass is 9.89. The van der Waals surface area contributed by atoms with Gasteiger partial charge in [-0.15, -0.1) is 5.10 Å². The number of tetrazole rings is 1. The Labute approximate surface area is 187 Å². The van der Waals surface area contributed by atoms with E-state index in [-0.39, 0.29) is 0 Å². The maximum Gasteiger partial charge on any atom is 0.180 e. The van der Waals surface area contributed by atoms with Gasteiger partial charge in [0, 0.05) is 41.9 Å². The summed E-state index contributed by atoms with van der Waals surface area (Å²) >= 11 is 0. The van der Waals surface area contributed by atoms with Crippen LogP contribution in [0.15, 0.2) is 42.6 Å². The molecular formula is C24H28N8. The number of hydrogen-bond donors (Lipinski definition) is 1. The normalized spacial score (nSPS) is 14.7. The van der Waals surface area contributed by atoms with E-state index in [1.165, 1.54) is 32.1 Å². The van der Waals surface area contributed by atoms with Gasteiger partial charge in [0.2, 0.25) is 0 Å². The lowest BCUT2D eigenvalue weighted by Gasteiger charge is -2.18. The Hall–Kier alpha value is -3.42. The third-order valence-electron chi connectivity index (χ3n) is 6.17. The first kappa shape index (κ1) is 20.5. The Bertz CT molecular complexity index is 1140. The lowest BCUT2D eigenvalue weighted by molar-refractivity contribution is 0.425. The molecule has 0 radical (unpaired) electrons. The van der Waals surface area contributed by atoms with E-state index in [4.69, 9.17) is 15.1 Å². The van der Waals surface area contributed by atoms with Crippen LogP contribution in [0.25, 0.3) is 22.5 Å². The fraction of sp³-hybridized carbons (Fsp3) is 0.417. The third-order valence-corrected chi connectivity index (χ3v) is 6.17. The molecule has 1 aliphatic carbocycles. The molecule has 0 amide bonds. The van der Waals surface area contributed by atoms with Gasteiger partial charge in [0.1, 0.15) is 5.82 Å². The average Bonchev–Trinajstić information content (AvgIpc) is 3.51. The van der Waals surface area contributed by atoms with Gasteiger partial charge in [0.25, 0.3) is 0 Å². The largest absolute Gasteiger partial charge is 0.260 e. The van der Waals surface area contributed by atoms with Gasteiger partial charge in [-0.1, -0.05) is 56.5 Å². The Morgan fingerprint density at radius 3 is 2.59 bits per heavy atom. The van der Waals surface area contributed by atoms with E-state index in [1.54, 1.807) is 0 Å². The van der Waals surface area contributed by atoms with Crippen molar-refractivity contribution in [2.45, 2.75) is 64.3 Å². The van der Waals surface area contributed by atoms with Gasteiger partial charge in [-0.05, 0) is 41.3 Å². The minimum atomic E-state index is 0.512. The molecule has 0 spiro atoms. The van der Waals surface area contributed by atoms with Crippen molar-refractivity contribution in [3.05, 3.63) is 59.9 Å². The highest BCUT2D eigenvalue weighted by molar-refractivity contribution is 5.79. The van der Waals surface area contributed by atoms with E-state index in [2.05, 4.69) is 50.4 Å². The number of nitrogens with zero attached hydrogens (tertiary/aromatic N) is 7. The van der Waals surface area contributed by atoms with Crippen LogP contribution in [-0.4, -0.2) is 40.4 Å². The minimum absolute atomic E-state index is 0.512. The predicted octanol–water partition coefficient (Wildman–Crippen LogP) is 4.57. The molecule has 1 N–H and O–H groups in total. The van der Waals surface area contributed by atoms with Crippen LogP contribution >= 0.6 is 0 Å². The number of rotatable bonds is 7. The number of aromatic amines is 1. The molecule has 0 unspecified atom stereocenters. The Balaban J connectivity index is 1.38. The van der Waals surface area contributed by atoms with E-state index in [1.807, 2.05) is 24.4 Å². The van der Waals surface area contributed by atoms with Crippen molar-refractivity contribution in [3.63, 3.8) is 0 Å². The van der Waals surface area contributed by atoms with Crippen molar-refractivity contribution in [3.8, 4) is 22.5 Å². The summed E-state index contributed by atoms with van der Waals surface area (Å²) in [6.45, 7) is 3.08. The molecular weight excluding hydrogens is 400 g/mol. The predicted molar refractivity (Wildman–Crippen MR) is 122 cm³/mol. The van der Waals surface area contributed by atoms with Crippen LogP contribution in [0.5, 0.6) is 0 Å². The number of aryl methyl sites for hydroxylation is 1. The van der Waals surface area contributed by atoms with Crippen LogP contribution in [-0.2, 0) is 13.0 Å². The van der Waals surface area contributed by atoms with Crippen molar-refractivity contribution in [2.24, 2.45) is 0 Å². The van der Waals surface area contributed by atoms with E-state index >= 15 is 0 Å². The van der Waals surface area contributed by atoms with Gasteiger partial charge in [-0.3, -0.25) is 4.98 Å². The Kier molecular flexibility index (Phi) is 6.00. The van der Waals surface area contributed by atoms with Crippen molar-refractivity contribution >= 4 is 0 Å². The monoisotopic (exact) mass is 428 g/mol. The molecule has 4 aromatic rings. The number of pyridine rings is 1. The highest BCUT2D eigenvalue weighted by Crippen LogP contribution is 2.31. The van der Waals surface area contributed by atoms with Gasteiger partial charge in [-0.2, -0.15) is 5.10 Å². The molecule has 0 bridgehead atoms. The zero-order chi connectivity index (χ0) is 21.8. The summed E-state index contributed by atoms with van der Waals surface area (Å²) < 4.78 is 2.09. The van der Waals surface area contributed by atoms with Gasteiger partial charge in [0.05, 0.1) is 0 Å². The third kappa shape index (κ3) is 4.30. The molecule has 8 heteroatoms. The molecule has 0 saturated heterocycles. The van der Waals surface area contributed by atoms with Crippen LogP contribution in [0, 0.1) is 0 Å². The number of aromatic nitrogens is 8. The maximum atomic E-state index is 4.96. The van der Waals surface area contributed by atoms with Crippen LogP contribution < -0.4 is 0 Å². The minimum Gasteiger partial charge on any atom is -0.260 e. The molecule has 1 fully saturated rings. The molecule has 3 heterocycles. The second-order valence-electron chi connectivity index (χ2n) is 8.45. The Morgan fingerprint density at radius 2 is 1.88 bits per heavy atom. The number of benzene rings is 1.